The van der Waals surface area contributed by atoms with Crippen LogP contribution in [0.4, 0.5) is 0 Å². The van der Waals surface area contributed by atoms with Crippen molar-refractivity contribution in [3.05, 3.63) is 57.7 Å². The summed E-state index contributed by atoms with van der Waals surface area (Å²) in [5, 5.41) is 16.2. The summed E-state index contributed by atoms with van der Waals surface area (Å²) in [6.07, 6.45) is 1.88. The van der Waals surface area contributed by atoms with E-state index in [0.29, 0.717) is 5.56 Å². The number of oxime groups is 1. The minimum Gasteiger partial charge on any atom is -0.463 e. The summed E-state index contributed by atoms with van der Waals surface area (Å²) >= 11 is 0. The second kappa shape index (κ2) is 5.74. The zero-order valence-electron chi connectivity index (χ0n) is 13.5. The Hall–Kier alpha value is -2.70. The van der Waals surface area contributed by atoms with Crippen LogP contribution in [0.3, 0.4) is 0 Å². The summed E-state index contributed by atoms with van der Waals surface area (Å²) in [6, 6.07) is 8.79. The minimum atomic E-state index is -1.79. The zero-order valence-corrected chi connectivity index (χ0v) is 13.5. The van der Waals surface area contributed by atoms with E-state index in [0.717, 1.165) is 5.57 Å². The van der Waals surface area contributed by atoms with Gasteiger partial charge in [0.05, 0.1) is 13.0 Å². The SMILES string of the molecule is CCOC(=O)[C@@]12CC=C(C)C[C@]1([N+](=O)[O-])C(c1ccccc1)=NO2. The third-order valence-corrected chi connectivity index (χ3v) is 4.59. The monoisotopic (exact) mass is 330 g/mol. The average Bonchev–Trinajstić information content (AvgIpc) is 2.92. The molecule has 0 fully saturated rings. The van der Waals surface area contributed by atoms with Crippen LogP contribution < -0.4 is 0 Å². The molecule has 0 unspecified atom stereocenters. The summed E-state index contributed by atoms with van der Waals surface area (Å²) in [5.74, 6) is -0.750. The first kappa shape index (κ1) is 16.2. The van der Waals surface area contributed by atoms with Gasteiger partial charge in [0.25, 0.3) is 0 Å². The quantitative estimate of drug-likeness (QED) is 0.366. The van der Waals surface area contributed by atoms with Crippen molar-refractivity contribution in [2.45, 2.75) is 37.8 Å². The summed E-state index contributed by atoms with van der Waals surface area (Å²) < 4.78 is 5.11. The first-order valence-electron chi connectivity index (χ1n) is 7.77. The molecule has 0 aromatic heterocycles. The molecule has 7 nitrogen and oxygen atoms in total. The third kappa shape index (κ3) is 2.04. The topological polar surface area (TPSA) is 91.0 Å². The molecule has 3 rings (SSSR count). The first-order chi connectivity index (χ1) is 11.5. The number of esters is 1. The van der Waals surface area contributed by atoms with Gasteiger partial charge in [0.1, 0.15) is 0 Å². The third-order valence-electron chi connectivity index (χ3n) is 4.59. The van der Waals surface area contributed by atoms with E-state index < -0.39 is 22.0 Å². The predicted molar refractivity (Wildman–Crippen MR) is 86.1 cm³/mol. The number of hydrogen-bond donors (Lipinski definition) is 0. The van der Waals surface area contributed by atoms with Crippen LogP contribution >= 0.6 is 0 Å². The minimum absolute atomic E-state index is 0.0482. The molecule has 126 valence electrons. The lowest BCUT2D eigenvalue weighted by Gasteiger charge is -2.37. The highest BCUT2D eigenvalue weighted by Crippen LogP contribution is 2.49. The standard InChI is InChI=1S/C17H18N2O5/c1-3-23-15(20)17-10-9-12(2)11-16(17,19(21)22)14(18-24-17)13-7-5-4-6-8-13/h4-9H,3,10-11H2,1-2H3/t16-,17-/m0/s1. The lowest BCUT2D eigenvalue weighted by atomic mass is 9.66. The molecule has 0 saturated heterocycles. The van der Waals surface area contributed by atoms with Crippen LogP contribution in [0.15, 0.2) is 47.1 Å². The first-order valence-corrected chi connectivity index (χ1v) is 7.77. The van der Waals surface area contributed by atoms with Gasteiger partial charge >= 0.3 is 17.1 Å². The molecule has 1 aliphatic heterocycles. The van der Waals surface area contributed by atoms with E-state index in [1.807, 2.05) is 6.07 Å². The Balaban J connectivity index is 2.20. The van der Waals surface area contributed by atoms with Gasteiger partial charge in [-0.3, -0.25) is 10.1 Å². The molecule has 1 aromatic rings. The fourth-order valence-electron chi connectivity index (χ4n) is 3.42. The number of nitro groups is 1. The maximum atomic E-state index is 12.6. The Morgan fingerprint density at radius 3 is 2.75 bits per heavy atom. The van der Waals surface area contributed by atoms with Gasteiger partial charge < -0.3 is 9.57 Å². The Labute approximate surface area is 139 Å². The van der Waals surface area contributed by atoms with Crippen LogP contribution in [-0.2, 0) is 14.4 Å². The molecule has 2 aliphatic rings. The fraction of sp³-hybridized carbons (Fsp3) is 0.412. The summed E-state index contributed by atoms with van der Waals surface area (Å²) in [6.45, 7) is 3.57. The lowest BCUT2D eigenvalue weighted by Crippen LogP contribution is -2.66. The highest BCUT2D eigenvalue weighted by Gasteiger charge is 2.76. The average molecular weight is 330 g/mol. The molecule has 1 heterocycles. The predicted octanol–water partition coefficient (Wildman–Crippen LogP) is 2.48. The smallest absolute Gasteiger partial charge is 0.361 e. The highest BCUT2D eigenvalue weighted by atomic mass is 16.7. The Morgan fingerprint density at radius 1 is 1.42 bits per heavy atom. The summed E-state index contributed by atoms with van der Waals surface area (Å²) in [4.78, 5) is 29.9. The van der Waals surface area contributed by atoms with E-state index in [1.165, 1.54) is 0 Å². The van der Waals surface area contributed by atoms with E-state index in [2.05, 4.69) is 5.16 Å². The number of hydrogen-bond acceptors (Lipinski definition) is 6. The molecule has 0 saturated carbocycles. The van der Waals surface area contributed by atoms with Crippen molar-refractivity contribution in [3.63, 3.8) is 0 Å². The normalized spacial score (nSPS) is 28.2. The molecule has 0 bridgehead atoms. The molecule has 2 atom stereocenters. The van der Waals surface area contributed by atoms with Crippen LogP contribution in [0.2, 0.25) is 0 Å². The molecular formula is C17H18N2O5. The number of nitrogens with zero attached hydrogens (tertiary/aromatic N) is 2. The fourth-order valence-corrected chi connectivity index (χ4v) is 3.42. The number of benzene rings is 1. The van der Waals surface area contributed by atoms with Crippen molar-refractivity contribution in [1.82, 2.24) is 0 Å². The second-order valence-corrected chi connectivity index (χ2v) is 5.99. The number of carbonyl (C=O) groups excluding carboxylic acids is 1. The van der Waals surface area contributed by atoms with E-state index in [9.17, 15) is 14.9 Å². The number of carbonyl (C=O) groups is 1. The van der Waals surface area contributed by atoms with Crippen molar-refractivity contribution in [2.75, 3.05) is 6.61 Å². The Bertz CT molecular complexity index is 743. The van der Waals surface area contributed by atoms with Gasteiger partial charge in [0.15, 0.2) is 5.71 Å². The largest absolute Gasteiger partial charge is 0.463 e. The summed E-state index contributed by atoms with van der Waals surface area (Å²) in [7, 11) is 0. The molecular weight excluding hydrogens is 312 g/mol. The number of fused-ring (bicyclic) bond motifs is 1. The van der Waals surface area contributed by atoms with Gasteiger partial charge in [0, 0.05) is 16.9 Å². The van der Waals surface area contributed by atoms with Crippen LogP contribution in [0.5, 0.6) is 0 Å². The van der Waals surface area contributed by atoms with Crippen LogP contribution in [0.1, 0.15) is 32.3 Å². The van der Waals surface area contributed by atoms with E-state index in [4.69, 9.17) is 9.57 Å². The van der Waals surface area contributed by atoms with Gasteiger partial charge in [-0.05, 0) is 13.8 Å². The molecule has 1 aromatic carbocycles. The lowest BCUT2D eigenvalue weighted by molar-refractivity contribution is -0.565. The van der Waals surface area contributed by atoms with Gasteiger partial charge in [-0.25, -0.2) is 4.79 Å². The van der Waals surface area contributed by atoms with Crippen LogP contribution in [0.25, 0.3) is 0 Å². The van der Waals surface area contributed by atoms with E-state index in [-0.39, 0.29) is 25.2 Å². The van der Waals surface area contributed by atoms with Gasteiger partial charge in [0.2, 0.25) is 0 Å². The van der Waals surface area contributed by atoms with E-state index >= 15 is 0 Å². The Kier molecular flexibility index (Phi) is 3.87. The second-order valence-electron chi connectivity index (χ2n) is 5.99. The molecule has 24 heavy (non-hydrogen) atoms. The van der Waals surface area contributed by atoms with E-state index in [1.54, 1.807) is 44.2 Å². The van der Waals surface area contributed by atoms with Crippen molar-refractivity contribution in [3.8, 4) is 0 Å². The Morgan fingerprint density at radius 2 is 2.12 bits per heavy atom. The highest BCUT2D eigenvalue weighted by molar-refractivity contribution is 6.11. The van der Waals surface area contributed by atoms with Crippen LogP contribution in [-0.4, -0.2) is 34.4 Å². The molecule has 0 amide bonds. The number of rotatable bonds is 4. The van der Waals surface area contributed by atoms with Crippen molar-refractivity contribution in [2.24, 2.45) is 5.16 Å². The van der Waals surface area contributed by atoms with Crippen molar-refractivity contribution >= 4 is 11.7 Å². The maximum absolute atomic E-state index is 12.6. The maximum Gasteiger partial charge on any atom is 0.361 e. The van der Waals surface area contributed by atoms with Gasteiger partial charge in [-0.2, -0.15) is 0 Å². The van der Waals surface area contributed by atoms with Crippen LogP contribution in [0, 0.1) is 10.1 Å². The van der Waals surface area contributed by atoms with Crippen molar-refractivity contribution in [1.29, 1.82) is 0 Å². The molecule has 7 heteroatoms. The van der Waals surface area contributed by atoms with Gasteiger partial charge in [-0.15, -0.1) is 0 Å². The molecule has 0 spiro atoms. The summed E-state index contributed by atoms with van der Waals surface area (Å²) in [5.41, 5.74) is -2.01. The number of ether oxygens (including phenoxy) is 1. The molecule has 1 aliphatic carbocycles. The molecule has 0 radical (unpaired) electrons. The van der Waals surface area contributed by atoms with Crippen molar-refractivity contribution < 1.29 is 19.3 Å². The zero-order chi connectivity index (χ0) is 17.4. The molecule has 0 N–H and O–H groups in total. The van der Waals surface area contributed by atoms with Gasteiger partial charge in [-0.1, -0.05) is 47.1 Å².